The van der Waals surface area contributed by atoms with E-state index < -0.39 is 5.97 Å². The Morgan fingerprint density at radius 3 is 2.03 bits per heavy atom. The lowest BCUT2D eigenvalue weighted by Gasteiger charge is -2.27. The van der Waals surface area contributed by atoms with Crippen LogP contribution in [0.15, 0.2) is 60.7 Å². The van der Waals surface area contributed by atoms with E-state index in [1.165, 1.54) is 32.8 Å². The van der Waals surface area contributed by atoms with Crippen molar-refractivity contribution >= 4 is 11.7 Å². The number of rotatable bonds is 9. The van der Waals surface area contributed by atoms with E-state index in [1.54, 1.807) is 12.1 Å². The lowest BCUT2D eigenvalue weighted by Crippen LogP contribution is -3.06. The Morgan fingerprint density at radius 1 is 0.853 bits per heavy atom. The summed E-state index contributed by atoms with van der Waals surface area (Å²) in [6.07, 6.45) is 1.52. The normalized spacial score (nSPS) is 11.7. The molecule has 3 rings (SSSR count). The second kappa shape index (κ2) is 11.0. The van der Waals surface area contributed by atoms with Crippen molar-refractivity contribution in [2.75, 3.05) is 19.7 Å². The number of hydrogen-bond donors (Lipinski definition) is 3. The molecule has 3 aromatic carbocycles. The van der Waals surface area contributed by atoms with Crippen LogP contribution in [0.25, 0.3) is 22.3 Å². The number of aliphatic hydroxyl groups is 1. The van der Waals surface area contributed by atoms with E-state index in [0.717, 1.165) is 30.6 Å². The Balaban J connectivity index is 2.15. The van der Waals surface area contributed by atoms with Crippen LogP contribution in [0.1, 0.15) is 62.5 Å². The van der Waals surface area contributed by atoms with Crippen LogP contribution in [0.3, 0.4) is 0 Å². The maximum Gasteiger partial charge on any atom is 0.335 e. The van der Waals surface area contributed by atoms with Gasteiger partial charge in [-0.15, -0.1) is 0 Å². The van der Waals surface area contributed by atoms with Gasteiger partial charge in [-0.2, -0.15) is 0 Å². The van der Waals surface area contributed by atoms with E-state index in [-0.39, 0.29) is 17.6 Å². The Bertz CT molecular complexity index is 1120. The lowest BCUT2D eigenvalue weighted by molar-refractivity contribution is -0.828. The first-order chi connectivity index (χ1) is 16.2. The average molecular weight is 461 g/mol. The fourth-order valence-corrected chi connectivity index (χ4v) is 4.59. The van der Waals surface area contributed by atoms with Crippen molar-refractivity contribution in [3.63, 3.8) is 0 Å². The Kier molecular flexibility index (Phi) is 8.29. The molecule has 180 valence electrons. The Morgan fingerprint density at radius 2 is 1.47 bits per heavy atom. The van der Waals surface area contributed by atoms with Crippen LogP contribution >= 0.6 is 0 Å². The summed E-state index contributed by atoms with van der Waals surface area (Å²) in [6, 6.07) is 20.3. The van der Waals surface area contributed by atoms with Crippen molar-refractivity contribution in [2.45, 2.75) is 52.9 Å². The molecule has 0 unspecified atom stereocenters. The van der Waals surface area contributed by atoms with Gasteiger partial charge in [-0.1, -0.05) is 45.0 Å². The summed E-state index contributed by atoms with van der Waals surface area (Å²) < 4.78 is 0. The van der Waals surface area contributed by atoms with Crippen molar-refractivity contribution in [3.05, 3.63) is 77.4 Å². The number of quaternary nitrogens is 1. The van der Waals surface area contributed by atoms with Gasteiger partial charge in [-0.05, 0) is 96.3 Å². The van der Waals surface area contributed by atoms with Crippen molar-refractivity contribution in [2.24, 2.45) is 0 Å². The quantitative estimate of drug-likeness (QED) is 0.395. The second-order valence-corrected chi connectivity index (χ2v) is 9.90. The maximum absolute atomic E-state index is 11.2. The van der Waals surface area contributed by atoms with Crippen LogP contribution in [-0.2, 0) is 11.8 Å². The summed E-state index contributed by atoms with van der Waals surface area (Å²) in [5, 5.41) is 18.7. The van der Waals surface area contributed by atoms with Gasteiger partial charge in [0.1, 0.15) is 5.69 Å². The number of nitrogens with one attached hydrogen (secondary N) is 1. The van der Waals surface area contributed by atoms with Crippen LogP contribution in [-0.4, -0.2) is 35.9 Å². The SMILES string of the molecule is CC[NH+](CC)c1ccc(-c2cc(-c3ccc(C(=O)O)cc3)ccc2CCCO)cc1C(C)(C)C. The van der Waals surface area contributed by atoms with Crippen molar-refractivity contribution in [1.82, 2.24) is 0 Å². The fraction of sp³-hybridized carbons (Fsp3) is 0.367. The number of carboxylic acid groups (broad SMARTS) is 1. The minimum absolute atomic E-state index is 0.0104. The largest absolute Gasteiger partial charge is 0.478 e. The van der Waals surface area contributed by atoms with Gasteiger partial charge in [0.05, 0.1) is 18.7 Å². The molecular formula is C30H38NO3+. The second-order valence-electron chi connectivity index (χ2n) is 9.90. The van der Waals surface area contributed by atoms with E-state index in [9.17, 15) is 15.0 Å². The molecule has 0 aliphatic carbocycles. The summed E-state index contributed by atoms with van der Waals surface area (Å²) in [4.78, 5) is 12.7. The molecule has 0 aromatic heterocycles. The summed E-state index contributed by atoms with van der Waals surface area (Å²) in [5.74, 6) is -0.920. The molecule has 0 aliphatic heterocycles. The topological polar surface area (TPSA) is 62.0 Å². The first-order valence-corrected chi connectivity index (χ1v) is 12.3. The average Bonchev–Trinajstić information content (AvgIpc) is 2.83. The standard InChI is InChI=1S/C30H37NO3/c1-6-31(7-2)28-17-16-25(20-27(28)30(3,4)5)26-19-24(15-12-22(26)9-8-18-32)21-10-13-23(14-11-21)29(33)34/h10-17,19-20,32H,6-9,18H2,1-5H3,(H,33,34)/p+1. The summed E-state index contributed by atoms with van der Waals surface area (Å²) in [5.41, 5.74) is 8.60. The minimum Gasteiger partial charge on any atom is -0.478 e. The van der Waals surface area contributed by atoms with Crippen LogP contribution in [0.4, 0.5) is 5.69 Å². The molecule has 0 spiro atoms. The molecule has 0 saturated heterocycles. The Hall–Kier alpha value is -2.95. The molecule has 0 radical (unpaired) electrons. The van der Waals surface area contributed by atoms with Gasteiger partial charge in [0.2, 0.25) is 0 Å². The smallest absolute Gasteiger partial charge is 0.335 e. The highest BCUT2D eigenvalue weighted by Crippen LogP contribution is 2.35. The number of carbonyl (C=O) groups is 1. The van der Waals surface area contributed by atoms with Crippen LogP contribution < -0.4 is 4.90 Å². The van der Waals surface area contributed by atoms with Crippen LogP contribution in [0, 0.1) is 0 Å². The number of aliphatic hydroxyl groups excluding tert-OH is 1. The molecule has 4 heteroatoms. The molecule has 0 saturated carbocycles. The zero-order valence-corrected chi connectivity index (χ0v) is 21.1. The third-order valence-corrected chi connectivity index (χ3v) is 6.55. The predicted octanol–water partition coefficient (Wildman–Crippen LogP) is 5.50. The van der Waals surface area contributed by atoms with E-state index >= 15 is 0 Å². The monoisotopic (exact) mass is 460 g/mol. The number of benzene rings is 3. The Labute approximate surface area is 203 Å². The van der Waals surface area contributed by atoms with Crippen molar-refractivity contribution in [1.29, 1.82) is 0 Å². The molecule has 4 nitrogen and oxygen atoms in total. The third kappa shape index (κ3) is 5.75. The number of aromatic carboxylic acids is 1. The molecule has 0 bridgehead atoms. The summed E-state index contributed by atoms with van der Waals surface area (Å²) in [6.45, 7) is 13.5. The van der Waals surface area contributed by atoms with Gasteiger partial charge < -0.3 is 15.1 Å². The molecular weight excluding hydrogens is 422 g/mol. The van der Waals surface area contributed by atoms with Crippen molar-refractivity contribution in [3.8, 4) is 22.3 Å². The third-order valence-electron chi connectivity index (χ3n) is 6.55. The van der Waals surface area contributed by atoms with E-state index in [0.29, 0.717) is 6.42 Å². The molecule has 3 N–H and O–H groups in total. The number of carboxylic acids is 1. The van der Waals surface area contributed by atoms with E-state index in [2.05, 4.69) is 71.0 Å². The first-order valence-electron chi connectivity index (χ1n) is 12.3. The molecule has 0 atom stereocenters. The van der Waals surface area contributed by atoms with E-state index in [4.69, 9.17) is 0 Å². The van der Waals surface area contributed by atoms with Gasteiger partial charge in [0.25, 0.3) is 0 Å². The molecule has 34 heavy (non-hydrogen) atoms. The summed E-state index contributed by atoms with van der Waals surface area (Å²) in [7, 11) is 0. The summed E-state index contributed by atoms with van der Waals surface area (Å²) >= 11 is 0. The van der Waals surface area contributed by atoms with Crippen molar-refractivity contribution < 1.29 is 19.9 Å². The van der Waals surface area contributed by atoms with Crippen LogP contribution in [0.2, 0.25) is 0 Å². The van der Waals surface area contributed by atoms with E-state index in [1.807, 2.05) is 12.1 Å². The van der Waals surface area contributed by atoms with Crippen LogP contribution in [0.5, 0.6) is 0 Å². The molecule has 0 heterocycles. The number of aryl methyl sites for hydroxylation is 1. The highest BCUT2D eigenvalue weighted by Gasteiger charge is 2.24. The molecule has 0 amide bonds. The van der Waals surface area contributed by atoms with Gasteiger partial charge in [-0.3, -0.25) is 0 Å². The fourth-order valence-electron chi connectivity index (χ4n) is 4.59. The molecule has 0 aliphatic rings. The number of hydrogen-bond acceptors (Lipinski definition) is 2. The first kappa shape index (κ1) is 25.7. The molecule has 3 aromatic rings. The van der Waals surface area contributed by atoms with Gasteiger partial charge in [0, 0.05) is 12.2 Å². The zero-order chi connectivity index (χ0) is 24.9. The predicted molar refractivity (Wildman–Crippen MR) is 140 cm³/mol. The maximum atomic E-state index is 11.2. The van der Waals surface area contributed by atoms with Gasteiger partial charge in [0.15, 0.2) is 0 Å². The molecule has 0 fully saturated rings. The highest BCUT2D eigenvalue weighted by atomic mass is 16.4. The van der Waals surface area contributed by atoms with Gasteiger partial charge in [-0.25, -0.2) is 4.79 Å². The lowest BCUT2D eigenvalue weighted by atomic mass is 9.82. The van der Waals surface area contributed by atoms with Gasteiger partial charge >= 0.3 is 5.97 Å². The minimum atomic E-state index is -0.920. The zero-order valence-electron chi connectivity index (χ0n) is 21.1. The highest BCUT2D eigenvalue weighted by molar-refractivity contribution is 5.88.